The number of nitrogens with zero attached hydrogens (tertiary/aromatic N) is 2. The maximum Gasteiger partial charge on any atom is 0.227 e. The summed E-state index contributed by atoms with van der Waals surface area (Å²) in [6.45, 7) is 2.91. The molecule has 1 fully saturated rings. The number of piperazine rings is 1. The Kier molecular flexibility index (Phi) is 6.23. The third kappa shape index (κ3) is 5.37. The summed E-state index contributed by atoms with van der Waals surface area (Å²) >= 11 is 0. The lowest BCUT2D eigenvalue weighted by Gasteiger charge is -2.34. The first-order valence-electron chi connectivity index (χ1n) is 8.96. The zero-order valence-corrected chi connectivity index (χ0v) is 15.9. The Balaban J connectivity index is 1.46. The SMILES string of the molecule is O=C(Cc1ccc(F)cc1)N1CCN(CCS(=O)(=O)c2ccccc2)CC1. The molecule has 0 atom stereocenters. The Labute approximate surface area is 159 Å². The molecule has 2 aromatic rings. The van der Waals surface area contributed by atoms with E-state index in [1.54, 1.807) is 47.4 Å². The van der Waals surface area contributed by atoms with Gasteiger partial charge in [-0.15, -0.1) is 0 Å². The molecule has 1 heterocycles. The minimum atomic E-state index is -3.29. The molecule has 0 aliphatic carbocycles. The number of amides is 1. The zero-order valence-electron chi connectivity index (χ0n) is 15.1. The number of hydrogen-bond acceptors (Lipinski definition) is 4. The third-order valence-electron chi connectivity index (χ3n) is 4.77. The maximum absolute atomic E-state index is 12.9. The fourth-order valence-electron chi connectivity index (χ4n) is 3.10. The van der Waals surface area contributed by atoms with Crippen molar-refractivity contribution < 1.29 is 17.6 Å². The van der Waals surface area contributed by atoms with Gasteiger partial charge >= 0.3 is 0 Å². The average Bonchev–Trinajstić information content (AvgIpc) is 2.69. The van der Waals surface area contributed by atoms with Crippen molar-refractivity contribution in [2.75, 3.05) is 38.5 Å². The molecule has 27 heavy (non-hydrogen) atoms. The number of sulfone groups is 1. The quantitative estimate of drug-likeness (QED) is 0.757. The number of rotatable bonds is 6. The van der Waals surface area contributed by atoms with Crippen molar-refractivity contribution in [1.82, 2.24) is 9.80 Å². The average molecular weight is 390 g/mol. The second-order valence-electron chi connectivity index (χ2n) is 6.66. The van der Waals surface area contributed by atoms with Gasteiger partial charge in [0.15, 0.2) is 9.84 Å². The van der Waals surface area contributed by atoms with Gasteiger partial charge in [-0.05, 0) is 29.8 Å². The van der Waals surface area contributed by atoms with Crippen molar-refractivity contribution in [3.8, 4) is 0 Å². The van der Waals surface area contributed by atoms with Crippen molar-refractivity contribution in [2.24, 2.45) is 0 Å². The molecule has 144 valence electrons. The zero-order chi connectivity index (χ0) is 19.3. The highest BCUT2D eigenvalue weighted by molar-refractivity contribution is 7.91. The molecule has 0 bridgehead atoms. The summed E-state index contributed by atoms with van der Waals surface area (Å²) in [5, 5.41) is 0. The first kappa shape index (κ1) is 19.5. The lowest BCUT2D eigenvalue weighted by Crippen LogP contribution is -2.50. The second kappa shape index (κ2) is 8.63. The summed E-state index contributed by atoms with van der Waals surface area (Å²) in [5.41, 5.74) is 0.790. The summed E-state index contributed by atoms with van der Waals surface area (Å²) in [4.78, 5) is 16.6. The molecule has 1 aliphatic heterocycles. The molecular formula is C20H23FN2O3S. The van der Waals surface area contributed by atoms with E-state index in [1.165, 1.54) is 12.1 Å². The third-order valence-corrected chi connectivity index (χ3v) is 6.48. The molecular weight excluding hydrogens is 367 g/mol. The number of carbonyl (C=O) groups excluding carboxylic acids is 1. The van der Waals surface area contributed by atoms with Crippen molar-refractivity contribution in [1.29, 1.82) is 0 Å². The summed E-state index contributed by atoms with van der Waals surface area (Å²) in [6.07, 6.45) is 0.253. The van der Waals surface area contributed by atoms with E-state index in [1.807, 2.05) is 0 Å². The van der Waals surface area contributed by atoms with E-state index in [0.717, 1.165) is 5.56 Å². The van der Waals surface area contributed by atoms with Crippen LogP contribution in [-0.4, -0.2) is 62.6 Å². The Hall–Kier alpha value is -2.25. The van der Waals surface area contributed by atoms with Gasteiger partial charge in [-0.2, -0.15) is 0 Å². The summed E-state index contributed by atoms with van der Waals surface area (Å²) in [5.74, 6) is -0.232. The maximum atomic E-state index is 12.9. The molecule has 7 heteroatoms. The van der Waals surface area contributed by atoms with Gasteiger partial charge < -0.3 is 4.90 Å². The molecule has 0 aromatic heterocycles. The van der Waals surface area contributed by atoms with Crippen molar-refractivity contribution in [3.05, 3.63) is 66.0 Å². The molecule has 0 N–H and O–H groups in total. The molecule has 0 radical (unpaired) electrons. The highest BCUT2D eigenvalue weighted by Crippen LogP contribution is 2.12. The largest absolute Gasteiger partial charge is 0.340 e. The summed E-state index contributed by atoms with van der Waals surface area (Å²) in [7, 11) is -3.29. The number of hydrogen-bond donors (Lipinski definition) is 0. The normalized spacial score (nSPS) is 15.7. The van der Waals surface area contributed by atoms with Crippen LogP contribution in [-0.2, 0) is 21.1 Å². The van der Waals surface area contributed by atoms with Crippen molar-refractivity contribution in [2.45, 2.75) is 11.3 Å². The monoisotopic (exact) mass is 390 g/mol. The van der Waals surface area contributed by atoms with E-state index >= 15 is 0 Å². The molecule has 3 rings (SSSR count). The first-order chi connectivity index (χ1) is 12.9. The fourth-order valence-corrected chi connectivity index (χ4v) is 4.41. The predicted octanol–water partition coefficient (Wildman–Crippen LogP) is 1.99. The Morgan fingerprint density at radius 3 is 2.19 bits per heavy atom. The van der Waals surface area contributed by atoms with Crippen LogP contribution in [0.4, 0.5) is 4.39 Å². The lowest BCUT2D eigenvalue weighted by atomic mass is 10.1. The van der Waals surface area contributed by atoms with Crippen LogP contribution in [0.2, 0.25) is 0 Å². The topological polar surface area (TPSA) is 57.7 Å². The predicted molar refractivity (Wildman–Crippen MR) is 102 cm³/mol. The number of halogens is 1. The van der Waals surface area contributed by atoms with E-state index in [-0.39, 0.29) is 23.9 Å². The van der Waals surface area contributed by atoms with E-state index < -0.39 is 9.84 Å². The molecule has 0 unspecified atom stereocenters. The highest BCUT2D eigenvalue weighted by Gasteiger charge is 2.23. The van der Waals surface area contributed by atoms with Gasteiger partial charge in [-0.3, -0.25) is 9.69 Å². The van der Waals surface area contributed by atoms with Crippen LogP contribution in [0.15, 0.2) is 59.5 Å². The molecule has 5 nitrogen and oxygen atoms in total. The van der Waals surface area contributed by atoms with E-state index in [4.69, 9.17) is 0 Å². The molecule has 0 spiro atoms. The van der Waals surface area contributed by atoms with Crippen molar-refractivity contribution in [3.63, 3.8) is 0 Å². The van der Waals surface area contributed by atoms with Gasteiger partial charge in [0.1, 0.15) is 5.82 Å². The Morgan fingerprint density at radius 1 is 0.926 bits per heavy atom. The highest BCUT2D eigenvalue weighted by atomic mass is 32.2. The molecule has 1 amide bonds. The van der Waals surface area contributed by atoms with Gasteiger partial charge in [-0.25, -0.2) is 12.8 Å². The van der Waals surface area contributed by atoms with Crippen LogP contribution in [0.5, 0.6) is 0 Å². The van der Waals surface area contributed by atoms with Gasteiger partial charge in [0.25, 0.3) is 0 Å². The van der Waals surface area contributed by atoms with E-state index in [9.17, 15) is 17.6 Å². The molecule has 1 saturated heterocycles. The minimum Gasteiger partial charge on any atom is -0.340 e. The van der Waals surface area contributed by atoms with Gasteiger partial charge in [0.2, 0.25) is 5.91 Å². The van der Waals surface area contributed by atoms with Gasteiger partial charge in [0, 0.05) is 32.7 Å². The smallest absolute Gasteiger partial charge is 0.227 e. The molecule has 1 aliphatic rings. The molecule has 2 aromatic carbocycles. The Morgan fingerprint density at radius 2 is 1.56 bits per heavy atom. The van der Waals surface area contributed by atoms with Crippen LogP contribution in [0.1, 0.15) is 5.56 Å². The van der Waals surface area contributed by atoms with Gasteiger partial charge in [0.05, 0.1) is 17.1 Å². The van der Waals surface area contributed by atoms with E-state index in [2.05, 4.69) is 4.90 Å². The van der Waals surface area contributed by atoms with Crippen LogP contribution in [0.3, 0.4) is 0 Å². The van der Waals surface area contributed by atoms with Crippen molar-refractivity contribution >= 4 is 15.7 Å². The standard InChI is InChI=1S/C20H23FN2O3S/c21-18-8-6-17(7-9-18)16-20(24)23-12-10-22(11-13-23)14-15-27(25,26)19-4-2-1-3-5-19/h1-9H,10-16H2. The van der Waals surface area contributed by atoms with Crippen LogP contribution in [0, 0.1) is 5.82 Å². The Bertz CT molecular complexity index is 862. The first-order valence-corrected chi connectivity index (χ1v) is 10.6. The van der Waals surface area contributed by atoms with Gasteiger partial charge in [-0.1, -0.05) is 30.3 Å². The summed E-state index contributed by atoms with van der Waals surface area (Å²) in [6, 6.07) is 14.4. The van der Waals surface area contributed by atoms with Crippen LogP contribution < -0.4 is 0 Å². The molecule has 0 saturated carbocycles. The van der Waals surface area contributed by atoms with Crippen LogP contribution in [0.25, 0.3) is 0 Å². The van der Waals surface area contributed by atoms with E-state index in [0.29, 0.717) is 37.6 Å². The number of benzene rings is 2. The minimum absolute atomic E-state index is 0.0122. The fraction of sp³-hybridized carbons (Fsp3) is 0.350. The second-order valence-corrected chi connectivity index (χ2v) is 8.77. The van der Waals surface area contributed by atoms with Crippen LogP contribution >= 0.6 is 0 Å². The lowest BCUT2D eigenvalue weighted by molar-refractivity contribution is -0.132. The summed E-state index contributed by atoms with van der Waals surface area (Å²) < 4.78 is 37.7. The number of carbonyl (C=O) groups is 1.